The molecule has 5 nitrogen and oxygen atoms in total. The molecule has 0 saturated carbocycles. The second-order valence-corrected chi connectivity index (χ2v) is 8.96. The minimum atomic E-state index is -3.25. The summed E-state index contributed by atoms with van der Waals surface area (Å²) < 4.78 is 25.7. The number of imidazole rings is 1. The summed E-state index contributed by atoms with van der Waals surface area (Å²) in [6, 6.07) is 25.1. The van der Waals surface area contributed by atoms with Gasteiger partial charge < -0.3 is 0 Å². The molecule has 0 spiro atoms. The lowest BCUT2D eigenvalue weighted by Crippen LogP contribution is -1.99. The smallest absolute Gasteiger partial charge is 0.178 e. The van der Waals surface area contributed by atoms with Gasteiger partial charge in [-0.1, -0.05) is 30.3 Å². The van der Waals surface area contributed by atoms with Gasteiger partial charge >= 0.3 is 0 Å². The molecule has 0 atom stereocenters. The number of pyridine rings is 1. The lowest BCUT2D eigenvalue weighted by molar-refractivity contribution is 0.602. The van der Waals surface area contributed by atoms with Crippen LogP contribution in [0.2, 0.25) is 0 Å². The Bertz CT molecular complexity index is 1470. The van der Waals surface area contributed by atoms with E-state index in [2.05, 4.69) is 39.9 Å². The molecular weight excluding hydrogens is 382 g/mol. The first-order chi connectivity index (χ1) is 14.0. The third-order valence-corrected chi connectivity index (χ3v) is 6.09. The average molecular weight is 399 g/mol. The molecule has 5 aromatic rings. The number of sulfone groups is 1. The van der Waals surface area contributed by atoms with E-state index in [-0.39, 0.29) is 4.90 Å². The first-order valence-electron chi connectivity index (χ1n) is 9.14. The highest BCUT2D eigenvalue weighted by molar-refractivity contribution is 7.90. The van der Waals surface area contributed by atoms with Gasteiger partial charge in [0.05, 0.1) is 10.4 Å². The van der Waals surface area contributed by atoms with Crippen molar-refractivity contribution in [3.8, 4) is 17.1 Å². The average Bonchev–Trinajstić information content (AvgIpc) is 3.12. The van der Waals surface area contributed by atoms with Crippen molar-refractivity contribution >= 4 is 31.8 Å². The molecule has 142 valence electrons. The van der Waals surface area contributed by atoms with Gasteiger partial charge in [0.25, 0.3) is 0 Å². The quantitative estimate of drug-likeness (QED) is 0.443. The molecule has 0 aliphatic carbocycles. The lowest BCUT2D eigenvalue weighted by atomic mass is 10.1. The molecule has 29 heavy (non-hydrogen) atoms. The highest BCUT2D eigenvalue weighted by Crippen LogP contribution is 2.30. The van der Waals surface area contributed by atoms with Crippen LogP contribution in [0.3, 0.4) is 0 Å². The Morgan fingerprint density at radius 3 is 2.34 bits per heavy atom. The van der Waals surface area contributed by atoms with Gasteiger partial charge in [0.2, 0.25) is 0 Å². The van der Waals surface area contributed by atoms with E-state index >= 15 is 0 Å². The molecule has 0 aliphatic heterocycles. The van der Waals surface area contributed by atoms with Crippen LogP contribution >= 0.6 is 0 Å². The highest BCUT2D eigenvalue weighted by Gasteiger charge is 2.16. The summed E-state index contributed by atoms with van der Waals surface area (Å²) in [5.74, 6) is 0.717. The third-order valence-electron chi connectivity index (χ3n) is 4.96. The standard InChI is InChI=1S/C23H17N3O2S/c1-29(27,28)20-12-9-17(10-13-20)23-25-22-21(7-4-14-24-22)26(23)19-11-8-16-5-2-3-6-18(16)15-19/h2-15H,1H3. The van der Waals surface area contributed by atoms with E-state index in [4.69, 9.17) is 4.98 Å². The maximum absolute atomic E-state index is 11.8. The van der Waals surface area contributed by atoms with E-state index in [0.717, 1.165) is 27.5 Å². The van der Waals surface area contributed by atoms with Crippen LogP contribution in [0.4, 0.5) is 0 Å². The van der Waals surface area contributed by atoms with Crippen LogP contribution in [0.1, 0.15) is 0 Å². The van der Waals surface area contributed by atoms with Crippen LogP contribution in [-0.4, -0.2) is 29.2 Å². The van der Waals surface area contributed by atoms with Crippen molar-refractivity contribution in [3.63, 3.8) is 0 Å². The van der Waals surface area contributed by atoms with Crippen LogP contribution < -0.4 is 0 Å². The van der Waals surface area contributed by atoms with E-state index in [1.54, 1.807) is 30.5 Å². The van der Waals surface area contributed by atoms with Crippen LogP contribution in [0.25, 0.3) is 39.0 Å². The second kappa shape index (κ2) is 6.53. The SMILES string of the molecule is CS(=O)(=O)c1ccc(-c2nc3ncccc3n2-c2ccc3ccccc3c2)cc1. The van der Waals surface area contributed by atoms with Gasteiger partial charge in [-0.15, -0.1) is 0 Å². The first kappa shape index (κ1) is 17.6. The summed E-state index contributed by atoms with van der Waals surface area (Å²) >= 11 is 0. The summed E-state index contributed by atoms with van der Waals surface area (Å²) in [4.78, 5) is 9.42. The van der Waals surface area contributed by atoms with Gasteiger partial charge in [-0.3, -0.25) is 4.57 Å². The van der Waals surface area contributed by atoms with Gasteiger partial charge in [0, 0.05) is 23.7 Å². The molecule has 0 saturated heterocycles. The molecule has 2 heterocycles. The van der Waals surface area contributed by atoms with E-state index in [1.165, 1.54) is 6.26 Å². The maximum Gasteiger partial charge on any atom is 0.178 e. The van der Waals surface area contributed by atoms with Gasteiger partial charge in [0.1, 0.15) is 5.82 Å². The van der Waals surface area contributed by atoms with Crippen LogP contribution in [-0.2, 0) is 9.84 Å². The van der Waals surface area contributed by atoms with Gasteiger partial charge in [-0.2, -0.15) is 0 Å². The Hall–Kier alpha value is -3.51. The minimum Gasteiger partial charge on any atom is -0.291 e. The highest BCUT2D eigenvalue weighted by atomic mass is 32.2. The first-order valence-corrected chi connectivity index (χ1v) is 11.0. The van der Waals surface area contributed by atoms with Crippen molar-refractivity contribution < 1.29 is 8.42 Å². The predicted octanol–water partition coefficient (Wildman–Crippen LogP) is 4.64. The number of hydrogen-bond acceptors (Lipinski definition) is 4. The van der Waals surface area contributed by atoms with Gasteiger partial charge in [0.15, 0.2) is 15.5 Å². The zero-order valence-electron chi connectivity index (χ0n) is 15.6. The molecule has 0 fully saturated rings. The van der Waals surface area contributed by atoms with Crippen molar-refractivity contribution in [2.45, 2.75) is 4.90 Å². The van der Waals surface area contributed by atoms with Crippen molar-refractivity contribution in [1.82, 2.24) is 14.5 Å². The van der Waals surface area contributed by atoms with E-state index in [0.29, 0.717) is 11.5 Å². The number of benzene rings is 3. The predicted molar refractivity (Wildman–Crippen MR) is 115 cm³/mol. The summed E-state index contributed by atoms with van der Waals surface area (Å²) in [7, 11) is -3.25. The molecule has 0 amide bonds. The molecule has 0 radical (unpaired) electrons. The molecule has 0 aliphatic rings. The van der Waals surface area contributed by atoms with Crippen molar-refractivity contribution in [2.75, 3.05) is 6.26 Å². The summed E-state index contributed by atoms with van der Waals surface area (Å²) in [6.45, 7) is 0. The Morgan fingerprint density at radius 2 is 1.59 bits per heavy atom. The molecule has 0 bridgehead atoms. The third kappa shape index (κ3) is 3.07. The maximum atomic E-state index is 11.8. The molecule has 6 heteroatoms. The fraction of sp³-hybridized carbons (Fsp3) is 0.0435. The Morgan fingerprint density at radius 1 is 0.828 bits per heavy atom. The Labute approximate surface area is 168 Å². The fourth-order valence-corrected chi connectivity index (χ4v) is 4.17. The molecule has 3 aromatic carbocycles. The summed E-state index contributed by atoms with van der Waals surface area (Å²) in [6.07, 6.45) is 2.92. The number of fused-ring (bicyclic) bond motifs is 2. The Kier molecular flexibility index (Phi) is 3.96. The van der Waals surface area contributed by atoms with Crippen molar-refractivity contribution in [3.05, 3.63) is 85.1 Å². The van der Waals surface area contributed by atoms with Gasteiger partial charge in [-0.05, 0) is 59.3 Å². The molecule has 5 rings (SSSR count). The lowest BCUT2D eigenvalue weighted by Gasteiger charge is -2.11. The molecular formula is C23H17N3O2S. The van der Waals surface area contributed by atoms with E-state index in [9.17, 15) is 8.42 Å². The van der Waals surface area contributed by atoms with Crippen molar-refractivity contribution in [1.29, 1.82) is 0 Å². The van der Waals surface area contributed by atoms with Crippen LogP contribution in [0, 0.1) is 0 Å². The van der Waals surface area contributed by atoms with E-state index in [1.807, 2.05) is 24.3 Å². The van der Waals surface area contributed by atoms with Crippen molar-refractivity contribution in [2.24, 2.45) is 0 Å². The number of hydrogen-bond donors (Lipinski definition) is 0. The summed E-state index contributed by atoms with van der Waals surface area (Å²) in [5.41, 5.74) is 3.33. The zero-order chi connectivity index (χ0) is 20.0. The van der Waals surface area contributed by atoms with Crippen LogP contribution in [0.5, 0.6) is 0 Å². The van der Waals surface area contributed by atoms with E-state index < -0.39 is 9.84 Å². The Balaban J connectivity index is 1.76. The fourth-order valence-electron chi connectivity index (χ4n) is 3.54. The topological polar surface area (TPSA) is 64.8 Å². The molecule has 2 aromatic heterocycles. The second-order valence-electron chi connectivity index (χ2n) is 6.94. The zero-order valence-corrected chi connectivity index (χ0v) is 16.5. The summed E-state index contributed by atoms with van der Waals surface area (Å²) in [5, 5.41) is 2.30. The molecule has 0 N–H and O–H groups in total. The number of aromatic nitrogens is 3. The monoisotopic (exact) mass is 399 g/mol. The number of rotatable bonds is 3. The van der Waals surface area contributed by atoms with Crippen LogP contribution in [0.15, 0.2) is 90.0 Å². The van der Waals surface area contributed by atoms with Gasteiger partial charge in [-0.25, -0.2) is 18.4 Å². The minimum absolute atomic E-state index is 0.285. The molecule has 0 unspecified atom stereocenters. The number of nitrogens with zero attached hydrogens (tertiary/aromatic N) is 3. The largest absolute Gasteiger partial charge is 0.291 e. The normalized spacial score (nSPS) is 11.9.